The molecule has 0 aliphatic carbocycles. The summed E-state index contributed by atoms with van der Waals surface area (Å²) >= 11 is 0. The average molecular weight is 254 g/mol. The van der Waals surface area contributed by atoms with Gasteiger partial charge in [0.25, 0.3) is 6.01 Å². The molecule has 0 aliphatic heterocycles. The molecule has 0 atom stereocenters. The number of hydrogen-bond acceptors (Lipinski definition) is 4. The van der Waals surface area contributed by atoms with Crippen LogP contribution in [0.2, 0.25) is 0 Å². The van der Waals surface area contributed by atoms with Gasteiger partial charge in [0.2, 0.25) is 0 Å². The number of ether oxygens (including phenoxy) is 1. The largest absolute Gasteiger partial charge is 0.497 e. The quantitative estimate of drug-likeness (QED) is 0.761. The summed E-state index contributed by atoms with van der Waals surface area (Å²) in [6, 6.07) is 12.3. The fourth-order valence-electron chi connectivity index (χ4n) is 2.18. The van der Waals surface area contributed by atoms with Crippen molar-refractivity contribution in [1.82, 2.24) is 4.98 Å². The fraction of sp³-hybridized carbons (Fsp3) is 0.133. The Bertz CT molecular complexity index is 747. The van der Waals surface area contributed by atoms with Crippen molar-refractivity contribution >= 4 is 16.8 Å². The molecule has 4 heteroatoms. The summed E-state index contributed by atoms with van der Waals surface area (Å²) in [5.41, 5.74) is 7.36. The second kappa shape index (κ2) is 4.31. The van der Waals surface area contributed by atoms with Crippen LogP contribution in [0, 0.1) is 6.92 Å². The second-order valence-corrected chi connectivity index (χ2v) is 4.38. The third-order valence-corrected chi connectivity index (χ3v) is 3.13. The van der Waals surface area contributed by atoms with E-state index in [0.717, 1.165) is 33.5 Å². The van der Waals surface area contributed by atoms with Crippen LogP contribution >= 0.6 is 0 Å². The molecule has 0 radical (unpaired) electrons. The summed E-state index contributed by atoms with van der Waals surface area (Å²) in [7, 11) is 1.66. The molecule has 0 unspecified atom stereocenters. The predicted octanol–water partition coefficient (Wildman–Crippen LogP) is 3.39. The Kier molecular flexibility index (Phi) is 2.63. The zero-order chi connectivity index (χ0) is 13.4. The van der Waals surface area contributed by atoms with Crippen LogP contribution in [0.3, 0.4) is 0 Å². The van der Waals surface area contributed by atoms with E-state index < -0.39 is 0 Å². The van der Waals surface area contributed by atoms with Crippen molar-refractivity contribution in [2.75, 3.05) is 12.8 Å². The van der Waals surface area contributed by atoms with Crippen LogP contribution in [0.1, 0.15) is 5.76 Å². The molecule has 0 spiro atoms. The number of nitrogen functional groups attached to an aromatic ring is 1. The number of nitrogens with two attached hydrogens (primary N) is 1. The molecule has 2 aromatic carbocycles. The maximum atomic E-state index is 5.57. The van der Waals surface area contributed by atoms with Gasteiger partial charge >= 0.3 is 0 Å². The fourth-order valence-corrected chi connectivity index (χ4v) is 2.18. The van der Waals surface area contributed by atoms with Crippen LogP contribution in [0.4, 0.5) is 6.01 Å². The topological polar surface area (TPSA) is 61.3 Å². The van der Waals surface area contributed by atoms with Crippen LogP contribution in [0.25, 0.3) is 22.0 Å². The third kappa shape index (κ3) is 2.01. The van der Waals surface area contributed by atoms with Gasteiger partial charge < -0.3 is 14.9 Å². The first kappa shape index (κ1) is 11.6. The number of rotatable bonds is 2. The van der Waals surface area contributed by atoms with Gasteiger partial charge in [-0.25, -0.2) is 0 Å². The first-order chi connectivity index (χ1) is 9.17. The monoisotopic (exact) mass is 254 g/mol. The van der Waals surface area contributed by atoms with Gasteiger partial charge in [-0.15, -0.1) is 0 Å². The molecule has 0 fully saturated rings. The lowest BCUT2D eigenvalue weighted by Crippen LogP contribution is -1.85. The number of oxazole rings is 1. The summed E-state index contributed by atoms with van der Waals surface area (Å²) < 4.78 is 10.5. The van der Waals surface area contributed by atoms with Crippen molar-refractivity contribution in [2.24, 2.45) is 0 Å². The number of methoxy groups -OCH3 is 1. The van der Waals surface area contributed by atoms with Crippen LogP contribution in [-0.4, -0.2) is 12.1 Å². The van der Waals surface area contributed by atoms with E-state index in [1.165, 1.54) is 0 Å². The van der Waals surface area contributed by atoms with Gasteiger partial charge in [0.05, 0.1) is 7.11 Å². The molecule has 1 heterocycles. The minimum absolute atomic E-state index is 0.197. The van der Waals surface area contributed by atoms with Crippen molar-refractivity contribution in [2.45, 2.75) is 6.92 Å². The van der Waals surface area contributed by atoms with Gasteiger partial charge in [0.15, 0.2) is 0 Å². The van der Waals surface area contributed by atoms with Crippen molar-refractivity contribution < 1.29 is 9.15 Å². The van der Waals surface area contributed by atoms with E-state index in [4.69, 9.17) is 14.9 Å². The molecular weight excluding hydrogens is 240 g/mol. The SMILES string of the molecule is COc1ccc2cc(-c3nc(N)oc3C)ccc2c1. The molecule has 1 aromatic heterocycles. The summed E-state index contributed by atoms with van der Waals surface area (Å²) in [4.78, 5) is 4.21. The first-order valence-electron chi connectivity index (χ1n) is 5.98. The number of aryl methyl sites for hydroxylation is 1. The lowest BCUT2D eigenvalue weighted by molar-refractivity contribution is 0.415. The normalized spacial score (nSPS) is 10.8. The number of aromatic nitrogens is 1. The number of nitrogens with zero attached hydrogens (tertiary/aromatic N) is 1. The summed E-state index contributed by atoms with van der Waals surface area (Å²) in [6.07, 6.45) is 0. The molecule has 3 rings (SSSR count). The van der Waals surface area contributed by atoms with Crippen LogP contribution in [0.15, 0.2) is 40.8 Å². The van der Waals surface area contributed by atoms with Gasteiger partial charge in [0.1, 0.15) is 17.2 Å². The molecule has 3 aromatic rings. The Labute approximate surface area is 110 Å². The van der Waals surface area contributed by atoms with Crippen molar-refractivity contribution in [3.05, 3.63) is 42.2 Å². The zero-order valence-electron chi connectivity index (χ0n) is 10.8. The Morgan fingerprint density at radius 1 is 1.11 bits per heavy atom. The van der Waals surface area contributed by atoms with Crippen molar-refractivity contribution in [3.63, 3.8) is 0 Å². The maximum Gasteiger partial charge on any atom is 0.292 e. The Morgan fingerprint density at radius 2 is 1.84 bits per heavy atom. The van der Waals surface area contributed by atoms with Crippen LogP contribution in [-0.2, 0) is 0 Å². The predicted molar refractivity (Wildman–Crippen MR) is 75.1 cm³/mol. The summed E-state index contributed by atoms with van der Waals surface area (Å²) in [5.74, 6) is 1.58. The molecule has 0 saturated heterocycles. The maximum absolute atomic E-state index is 5.57. The second-order valence-electron chi connectivity index (χ2n) is 4.38. The lowest BCUT2D eigenvalue weighted by atomic mass is 10.0. The highest BCUT2D eigenvalue weighted by molar-refractivity contribution is 5.88. The Morgan fingerprint density at radius 3 is 2.53 bits per heavy atom. The van der Waals surface area contributed by atoms with Crippen molar-refractivity contribution in [3.8, 4) is 17.0 Å². The van der Waals surface area contributed by atoms with Gasteiger partial charge in [-0.05, 0) is 35.9 Å². The number of fused-ring (bicyclic) bond motifs is 1. The highest BCUT2D eigenvalue weighted by Crippen LogP contribution is 2.29. The molecular formula is C15H14N2O2. The average Bonchev–Trinajstić information content (AvgIpc) is 2.76. The Hall–Kier alpha value is -2.49. The molecule has 19 heavy (non-hydrogen) atoms. The summed E-state index contributed by atoms with van der Waals surface area (Å²) in [6.45, 7) is 1.86. The summed E-state index contributed by atoms with van der Waals surface area (Å²) in [5, 5.41) is 2.25. The first-order valence-corrected chi connectivity index (χ1v) is 5.98. The van der Waals surface area contributed by atoms with Crippen molar-refractivity contribution in [1.29, 1.82) is 0 Å². The van der Waals surface area contributed by atoms with E-state index >= 15 is 0 Å². The number of hydrogen-bond donors (Lipinski definition) is 1. The van der Waals surface area contributed by atoms with Gasteiger partial charge in [-0.3, -0.25) is 0 Å². The lowest BCUT2D eigenvalue weighted by Gasteiger charge is -2.04. The van der Waals surface area contributed by atoms with E-state index in [2.05, 4.69) is 11.1 Å². The minimum atomic E-state index is 0.197. The van der Waals surface area contributed by atoms with E-state index in [1.807, 2.05) is 37.3 Å². The molecule has 0 bridgehead atoms. The molecule has 0 amide bonds. The van der Waals surface area contributed by atoms with E-state index in [9.17, 15) is 0 Å². The Balaban J connectivity index is 2.14. The molecule has 96 valence electrons. The number of benzene rings is 2. The van der Waals surface area contributed by atoms with Crippen LogP contribution in [0.5, 0.6) is 5.75 Å². The van der Waals surface area contributed by atoms with E-state index in [-0.39, 0.29) is 6.01 Å². The number of anilines is 1. The highest BCUT2D eigenvalue weighted by Gasteiger charge is 2.10. The van der Waals surface area contributed by atoms with Gasteiger partial charge in [-0.1, -0.05) is 18.2 Å². The molecule has 2 N–H and O–H groups in total. The standard InChI is InChI=1S/C15H14N2O2/c1-9-14(17-15(16)19-9)12-4-3-11-8-13(18-2)6-5-10(11)7-12/h3-8H,1-2H3,(H2,16,17). The molecule has 0 aliphatic rings. The van der Waals surface area contributed by atoms with E-state index in [0.29, 0.717) is 0 Å². The molecule has 0 saturated carbocycles. The van der Waals surface area contributed by atoms with Gasteiger partial charge in [0, 0.05) is 5.56 Å². The minimum Gasteiger partial charge on any atom is -0.497 e. The highest BCUT2D eigenvalue weighted by atomic mass is 16.5. The van der Waals surface area contributed by atoms with Crippen LogP contribution < -0.4 is 10.5 Å². The van der Waals surface area contributed by atoms with E-state index in [1.54, 1.807) is 7.11 Å². The zero-order valence-corrected chi connectivity index (χ0v) is 10.8. The van der Waals surface area contributed by atoms with Gasteiger partial charge in [-0.2, -0.15) is 4.98 Å². The molecule has 4 nitrogen and oxygen atoms in total. The third-order valence-electron chi connectivity index (χ3n) is 3.13. The smallest absolute Gasteiger partial charge is 0.292 e.